The number of carbonyl (C=O) groups excluding carboxylic acids is 1. The lowest BCUT2D eigenvalue weighted by Crippen LogP contribution is -2.22. The smallest absolute Gasteiger partial charge is 0.253 e. The minimum Gasteiger partial charge on any atom is -0.397 e. The van der Waals surface area contributed by atoms with Crippen LogP contribution < -0.4 is 16.2 Å². The fourth-order valence-electron chi connectivity index (χ4n) is 1.61. The number of rotatable bonds is 6. The predicted molar refractivity (Wildman–Crippen MR) is 80.0 cm³/mol. The number of anilines is 2. The second-order valence-corrected chi connectivity index (χ2v) is 6.38. The Kier molecular flexibility index (Phi) is 5.34. The molecule has 112 valence electrons. The van der Waals surface area contributed by atoms with Crippen LogP contribution in [0.4, 0.5) is 11.4 Å². The molecule has 20 heavy (non-hydrogen) atoms. The molecule has 0 aliphatic carbocycles. The van der Waals surface area contributed by atoms with Gasteiger partial charge in [-0.2, -0.15) is 0 Å². The fraction of sp³-hybridized carbons (Fsp3) is 0.417. The predicted octanol–water partition coefficient (Wildman–Crippen LogP) is 0.0611. The molecule has 0 unspecified atom stereocenters. The largest absolute Gasteiger partial charge is 0.397 e. The Morgan fingerprint density at radius 2 is 2.00 bits per heavy atom. The second kappa shape index (κ2) is 6.58. The van der Waals surface area contributed by atoms with Gasteiger partial charge in [-0.05, 0) is 24.6 Å². The normalized spacial score (nSPS) is 11.2. The van der Waals surface area contributed by atoms with Crippen LogP contribution in [0.25, 0.3) is 0 Å². The van der Waals surface area contributed by atoms with Crippen LogP contribution in [-0.4, -0.2) is 45.6 Å². The van der Waals surface area contributed by atoms with Crippen molar-refractivity contribution in [1.29, 1.82) is 0 Å². The molecule has 0 spiro atoms. The number of nitrogens with one attached hydrogen (secondary N) is 1. The molecule has 5 N–H and O–H groups in total. The summed E-state index contributed by atoms with van der Waals surface area (Å²) in [5, 5.41) is 7.91. The molecular formula is C12H20N4O3S. The molecule has 0 saturated heterocycles. The molecule has 0 radical (unpaired) electrons. The second-order valence-electron chi connectivity index (χ2n) is 4.65. The van der Waals surface area contributed by atoms with Crippen molar-refractivity contribution in [2.45, 2.75) is 6.42 Å². The Bertz CT molecular complexity index is 584. The monoisotopic (exact) mass is 300 g/mol. The van der Waals surface area contributed by atoms with Gasteiger partial charge in [-0.15, -0.1) is 0 Å². The molecule has 1 aromatic carbocycles. The summed E-state index contributed by atoms with van der Waals surface area (Å²) in [6.45, 7) is 0.432. The summed E-state index contributed by atoms with van der Waals surface area (Å²) in [6, 6.07) is 4.95. The SMILES string of the molecule is CN(C)C(=O)c1ccc(NCCCS(N)(=O)=O)c(N)c1. The maximum Gasteiger partial charge on any atom is 0.253 e. The number of hydrogen-bond donors (Lipinski definition) is 3. The first-order chi connectivity index (χ1) is 9.20. The van der Waals surface area contributed by atoms with E-state index in [4.69, 9.17) is 10.9 Å². The van der Waals surface area contributed by atoms with E-state index < -0.39 is 10.0 Å². The number of nitrogens with zero attached hydrogens (tertiary/aromatic N) is 1. The van der Waals surface area contributed by atoms with E-state index in [2.05, 4.69) is 5.32 Å². The van der Waals surface area contributed by atoms with Gasteiger partial charge in [-0.25, -0.2) is 13.6 Å². The van der Waals surface area contributed by atoms with Gasteiger partial charge in [0.1, 0.15) is 0 Å². The first-order valence-corrected chi connectivity index (χ1v) is 7.78. The van der Waals surface area contributed by atoms with Crippen LogP contribution in [0.5, 0.6) is 0 Å². The van der Waals surface area contributed by atoms with Crippen molar-refractivity contribution in [3.8, 4) is 0 Å². The summed E-state index contributed by atoms with van der Waals surface area (Å²) in [7, 11) is -0.108. The van der Waals surface area contributed by atoms with Crippen molar-refractivity contribution in [3.05, 3.63) is 23.8 Å². The number of carbonyl (C=O) groups is 1. The lowest BCUT2D eigenvalue weighted by atomic mass is 10.1. The highest BCUT2D eigenvalue weighted by Gasteiger charge is 2.10. The molecule has 0 atom stereocenters. The van der Waals surface area contributed by atoms with E-state index >= 15 is 0 Å². The van der Waals surface area contributed by atoms with E-state index in [-0.39, 0.29) is 11.7 Å². The Balaban J connectivity index is 2.63. The van der Waals surface area contributed by atoms with Gasteiger partial charge in [-0.3, -0.25) is 4.79 Å². The number of amides is 1. The van der Waals surface area contributed by atoms with E-state index in [9.17, 15) is 13.2 Å². The van der Waals surface area contributed by atoms with E-state index in [1.807, 2.05) is 0 Å². The van der Waals surface area contributed by atoms with Crippen molar-refractivity contribution >= 4 is 27.3 Å². The number of hydrogen-bond acceptors (Lipinski definition) is 5. The van der Waals surface area contributed by atoms with Crippen molar-refractivity contribution in [2.24, 2.45) is 5.14 Å². The van der Waals surface area contributed by atoms with Crippen molar-refractivity contribution in [3.63, 3.8) is 0 Å². The number of sulfonamides is 1. The molecule has 1 rings (SSSR count). The average molecular weight is 300 g/mol. The third kappa shape index (κ3) is 5.06. The van der Waals surface area contributed by atoms with E-state index in [0.29, 0.717) is 29.9 Å². The first-order valence-electron chi connectivity index (χ1n) is 6.06. The van der Waals surface area contributed by atoms with Crippen LogP contribution >= 0.6 is 0 Å². The van der Waals surface area contributed by atoms with Crippen LogP contribution in [0.1, 0.15) is 16.8 Å². The zero-order chi connectivity index (χ0) is 15.3. The fourth-order valence-corrected chi connectivity index (χ4v) is 2.16. The third-order valence-corrected chi connectivity index (χ3v) is 3.48. The summed E-state index contributed by atoms with van der Waals surface area (Å²) in [4.78, 5) is 13.2. The molecule has 1 aromatic rings. The molecular weight excluding hydrogens is 280 g/mol. The van der Waals surface area contributed by atoms with Gasteiger partial charge in [0, 0.05) is 26.2 Å². The van der Waals surface area contributed by atoms with Gasteiger partial charge in [0.2, 0.25) is 10.0 Å². The number of primary sulfonamides is 1. The maximum atomic E-state index is 11.7. The lowest BCUT2D eigenvalue weighted by Gasteiger charge is -2.13. The maximum absolute atomic E-state index is 11.7. The Labute approximate surface area is 119 Å². The van der Waals surface area contributed by atoms with Gasteiger partial charge < -0.3 is 16.0 Å². The van der Waals surface area contributed by atoms with Crippen LogP contribution in [-0.2, 0) is 10.0 Å². The van der Waals surface area contributed by atoms with Crippen LogP contribution in [0.15, 0.2) is 18.2 Å². The van der Waals surface area contributed by atoms with Gasteiger partial charge in [0.15, 0.2) is 0 Å². The average Bonchev–Trinajstić information content (AvgIpc) is 2.33. The summed E-state index contributed by atoms with van der Waals surface area (Å²) in [5.41, 5.74) is 7.45. The zero-order valence-electron chi connectivity index (χ0n) is 11.6. The van der Waals surface area contributed by atoms with Crippen molar-refractivity contribution in [2.75, 3.05) is 37.4 Å². The third-order valence-electron chi connectivity index (χ3n) is 2.63. The Morgan fingerprint density at radius 1 is 1.35 bits per heavy atom. The molecule has 0 aromatic heterocycles. The van der Waals surface area contributed by atoms with Crippen molar-refractivity contribution in [1.82, 2.24) is 4.90 Å². The van der Waals surface area contributed by atoms with Crippen LogP contribution in [0.2, 0.25) is 0 Å². The summed E-state index contributed by atoms with van der Waals surface area (Å²) >= 11 is 0. The minimum atomic E-state index is -3.44. The zero-order valence-corrected chi connectivity index (χ0v) is 12.4. The van der Waals surface area contributed by atoms with Crippen LogP contribution in [0, 0.1) is 0 Å². The molecule has 0 saturated carbocycles. The highest BCUT2D eigenvalue weighted by atomic mass is 32.2. The molecule has 8 heteroatoms. The molecule has 7 nitrogen and oxygen atoms in total. The molecule has 0 aliphatic rings. The highest BCUT2D eigenvalue weighted by Crippen LogP contribution is 2.20. The standard InChI is InChI=1S/C12H20N4O3S/c1-16(2)12(17)9-4-5-11(10(13)8-9)15-6-3-7-20(14,18)19/h4-5,8,15H,3,6-7,13H2,1-2H3,(H2,14,18,19). The first kappa shape index (κ1) is 16.3. The van der Waals surface area contributed by atoms with Crippen molar-refractivity contribution < 1.29 is 13.2 Å². The topological polar surface area (TPSA) is 119 Å². The molecule has 1 amide bonds. The van der Waals surface area contributed by atoms with Gasteiger partial charge in [0.25, 0.3) is 5.91 Å². The Hall–Kier alpha value is -1.80. The molecule has 0 aliphatic heterocycles. The molecule has 0 bridgehead atoms. The van der Waals surface area contributed by atoms with Gasteiger partial charge in [-0.1, -0.05) is 0 Å². The van der Waals surface area contributed by atoms with Crippen LogP contribution in [0.3, 0.4) is 0 Å². The summed E-state index contributed by atoms with van der Waals surface area (Å²) in [5.74, 6) is -0.214. The van der Waals surface area contributed by atoms with E-state index in [0.717, 1.165) is 0 Å². The lowest BCUT2D eigenvalue weighted by molar-refractivity contribution is 0.0827. The number of nitrogens with two attached hydrogens (primary N) is 2. The van der Waals surface area contributed by atoms with Gasteiger partial charge >= 0.3 is 0 Å². The number of benzene rings is 1. The summed E-state index contributed by atoms with van der Waals surface area (Å²) in [6.07, 6.45) is 0.386. The summed E-state index contributed by atoms with van der Waals surface area (Å²) < 4.78 is 21.6. The molecule has 0 heterocycles. The molecule has 0 fully saturated rings. The number of nitrogen functional groups attached to an aromatic ring is 1. The van der Waals surface area contributed by atoms with Gasteiger partial charge in [0.05, 0.1) is 17.1 Å². The van der Waals surface area contributed by atoms with E-state index in [1.165, 1.54) is 4.90 Å². The highest BCUT2D eigenvalue weighted by molar-refractivity contribution is 7.89. The van der Waals surface area contributed by atoms with E-state index in [1.54, 1.807) is 32.3 Å². The Morgan fingerprint density at radius 3 is 2.50 bits per heavy atom. The minimum absolute atomic E-state index is 0.0862. The quantitative estimate of drug-likeness (QED) is 0.507.